The average Bonchev–Trinajstić information content (AvgIpc) is 2.01. The van der Waals surface area contributed by atoms with Gasteiger partial charge in [0.15, 0.2) is 0 Å². The SMILES string of the molecule is C=CCN1CC(CCO)NC(C)(C)C1. The zero-order chi connectivity index (χ0) is 10.6. The first kappa shape index (κ1) is 11.7. The molecule has 0 aromatic heterocycles. The Bertz CT molecular complexity index is 192. The van der Waals surface area contributed by atoms with Crippen LogP contribution in [-0.2, 0) is 0 Å². The first-order valence-corrected chi connectivity index (χ1v) is 5.29. The number of piperazine rings is 1. The van der Waals surface area contributed by atoms with Gasteiger partial charge < -0.3 is 10.4 Å². The predicted molar refractivity (Wildman–Crippen MR) is 59.3 cm³/mol. The number of aliphatic hydroxyl groups is 1. The van der Waals surface area contributed by atoms with Crippen LogP contribution in [0.15, 0.2) is 12.7 Å². The van der Waals surface area contributed by atoms with Crippen molar-refractivity contribution in [2.45, 2.75) is 31.8 Å². The van der Waals surface area contributed by atoms with Gasteiger partial charge in [0.1, 0.15) is 0 Å². The highest BCUT2D eigenvalue weighted by atomic mass is 16.3. The van der Waals surface area contributed by atoms with Gasteiger partial charge in [-0.15, -0.1) is 6.58 Å². The third-order valence-corrected chi connectivity index (χ3v) is 2.56. The lowest BCUT2D eigenvalue weighted by Gasteiger charge is -2.43. The largest absolute Gasteiger partial charge is 0.396 e. The Labute approximate surface area is 86.8 Å². The van der Waals surface area contributed by atoms with Crippen molar-refractivity contribution in [3.63, 3.8) is 0 Å². The van der Waals surface area contributed by atoms with Gasteiger partial charge in [0.2, 0.25) is 0 Å². The average molecular weight is 198 g/mol. The van der Waals surface area contributed by atoms with E-state index in [2.05, 4.69) is 30.6 Å². The summed E-state index contributed by atoms with van der Waals surface area (Å²) in [7, 11) is 0. The van der Waals surface area contributed by atoms with Gasteiger partial charge in [-0.2, -0.15) is 0 Å². The Morgan fingerprint density at radius 3 is 2.93 bits per heavy atom. The topological polar surface area (TPSA) is 35.5 Å². The van der Waals surface area contributed by atoms with E-state index in [1.807, 2.05) is 6.08 Å². The van der Waals surface area contributed by atoms with Crippen LogP contribution < -0.4 is 5.32 Å². The van der Waals surface area contributed by atoms with Crippen LogP contribution in [0.4, 0.5) is 0 Å². The van der Waals surface area contributed by atoms with Gasteiger partial charge in [-0.25, -0.2) is 0 Å². The van der Waals surface area contributed by atoms with Crippen molar-refractivity contribution in [3.8, 4) is 0 Å². The Balaban J connectivity index is 2.52. The molecule has 0 radical (unpaired) electrons. The minimum atomic E-state index is 0.140. The number of hydrogen-bond donors (Lipinski definition) is 2. The van der Waals surface area contributed by atoms with Crippen LogP contribution in [-0.4, -0.2) is 47.8 Å². The fourth-order valence-corrected chi connectivity index (χ4v) is 2.22. The molecule has 1 heterocycles. The zero-order valence-corrected chi connectivity index (χ0v) is 9.29. The number of nitrogens with one attached hydrogen (secondary N) is 1. The molecule has 0 aromatic rings. The number of hydrogen-bond acceptors (Lipinski definition) is 3. The van der Waals surface area contributed by atoms with Gasteiger partial charge in [0, 0.05) is 37.8 Å². The van der Waals surface area contributed by atoms with Gasteiger partial charge in [-0.05, 0) is 20.3 Å². The van der Waals surface area contributed by atoms with Crippen molar-refractivity contribution in [1.29, 1.82) is 0 Å². The molecular weight excluding hydrogens is 176 g/mol. The molecule has 1 aliphatic heterocycles. The Morgan fingerprint density at radius 1 is 1.64 bits per heavy atom. The zero-order valence-electron chi connectivity index (χ0n) is 9.29. The van der Waals surface area contributed by atoms with Gasteiger partial charge in [-0.3, -0.25) is 4.90 Å². The number of rotatable bonds is 4. The molecule has 3 heteroatoms. The van der Waals surface area contributed by atoms with Crippen LogP contribution in [0.3, 0.4) is 0 Å². The normalized spacial score (nSPS) is 27.5. The summed E-state index contributed by atoms with van der Waals surface area (Å²) in [5.41, 5.74) is 0.140. The van der Waals surface area contributed by atoms with Crippen molar-refractivity contribution < 1.29 is 5.11 Å². The fourth-order valence-electron chi connectivity index (χ4n) is 2.22. The monoisotopic (exact) mass is 198 g/mol. The van der Waals surface area contributed by atoms with Crippen LogP contribution in [0.5, 0.6) is 0 Å². The van der Waals surface area contributed by atoms with E-state index in [4.69, 9.17) is 5.11 Å². The second-order valence-electron chi connectivity index (χ2n) is 4.72. The Morgan fingerprint density at radius 2 is 2.36 bits per heavy atom. The summed E-state index contributed by atoms with van der Waals surface area (Å²) in [5, 5.41) is 12.5. The number of nitrogens with zero attached hydrogens (tertiary/aromatic N) is 1. The summed E-state index contributed by atoms with van der Waals surface area (Å²) in [5.74, 6) is 0. The number of aliphatic hydroxyl groups excluding tert-OH is 1. The molecule has 1 aliphatic rings. The maximum atomic E-state index is 8.93. The van der Waals surface area contributed by atoms with E-state index in [0.717, 1.165) is 26.1 Å². The molecule has 2 N–H and O–H groups in total. The van der Waals surface area contributed by atoms with Gasteiger partial charge in [0.25, 0.3) is 0 Å². The Kier molecular flexibility index (Phi) is 4.11. The molecule has 0 saturated carbocycles. The summed E-state index contributed by atoms with van der Waals surface area (Å²) in [4.78, 5) is 2.38. The molecule has 1 unspecified atom stereocenters. The highest BCUT2D eigenvalue weighted by Gasteiger charge is 2.30. The smallest absolute Gasteiger partial charge is 0.0446 e. The maximum Gasteiger partial charge on any atom is 0.0446 e. The first-order valence-electron chi connectivity index (χ1n) is 5.29. The molecule has 1 atom stereocenters. The van der Waals surface area contributed by atoms with Crippen molar-refractivity contribution in [2.75, 3.05) is 26.2 Å². The molecule has 82 valence electrons. The standard InChI is InChI=1S/C11H22N2O/c1-4-6-13-8-10(5-7-14)12-11(2,3)9-13/h4,10,12,14H,1,5-9H2,2-3H3. The molecule has 0 bridgehead atoms. The highest BCUT2D eigenvalue weighted by molar-refractivity contribution is 4.93. The molecule has 1 rings (SSSR count). The second kappa shape index (κ2) is 4.91. The summed E-state index contributed by atoms with van der Waals surface area (Å²) in [6, 6.07) is 0.406. The van der Waals surface area contributed by atoms with Crippen LogP contribution >= 0.6 is 0 Å². The van der Waals surface area contributed by atoms with E-state index in [-0.39, 0.29) is 12.1 Å². The lowest BCUT2D eigenvalue weighted by atomic mass is 9.97. The molecule has 1 fully saturated rings. The van der Waals surface area contributed by atoms with E-state index in [1.54, 1.807) is 0 Å². The van der Waals surface area contributed by atoms with E-state index >= 15 is 0 Å². The van der Waals surface area contributed by atoms with Gasteiger partial charge >= 0.3 is 0 Å². The summed E-state index contributed by atoms with van der Waals surface area (Å²) in [6.45, 7) is 11.4. The van der Waals surface area contributed by atoms with Crippen molar-refractivity contribution in [1.82, 2.24) is 10.2 Å². The van der Waals surface area contributed by atoms with Crippen LogP contribution in [0.2, 0.25) is 0 Å². The minimum Gasteiger partial charge on any atom is -0.396 e. The van der Waals surface area contributed by atoms with Crippen LogP contribution in [0, 0.1) is 0 Å². The Hall–Kier alpha value is -0.380. The van der Waals surface area contributed by atoms with Crippen molar-refractivity contribution >= 4 is 0 Å². The quantitative estimate of drug-likeness (QED) is 0.650. The third kappa shape index (κ3) is 3.40. The van der Waals surface area contributed by atoms with Gasteiger partial charge in [-0.1, -0.05) is 6.08 Å². The predicted octanol–water partition coefficient (Wildman–Crippen LogP) is 0.607. The third-order valence-electron chi connectivity index (χ3n) is 2.56. The summed E-state index contributed by atoms with van der Waals surface area (Å²) < 4.78 is 0. The van der Waals surface area contributed by atoms with Gasteiger partial charge in [0.05, 0.1) is 0 Å². The van der Waals surface area contributed by atoms with Crippen molar-refractivity contribution in [3.05, 3.63) is 12.7 Å². The second-order valence-corrected chi connectivity index (χ2v) is 4.72. The molecular formula is C11H22N2O. The maximum absolute atomic E-state index is 8.93. The highest BCUT2D eigenvalue weighted by Crippen LogP contribution is 2.15. The minimum absolute atomic E-state index is 0.140. The lowest BCUT2D eigenvalue weighted by molar-refractivity contribution is 0.113. The molecule has 1 saturated heterocycles. The summed E-state index contributed by atoms with van der Waals surface area (Å²) in [6.07, 6.45) is 2.77. The molecule has 0 aromatic carbocycles. The first-order chi connectivity index (χ1) is 6.57. The van der Waals surface area contributed by atoms with E-state index in [1.165, 1.54) is 0 Å². The van der Waals surface area contributed by atoms with Crippen molar-refractivity contribution in [2.24, 2.45) is 0 Å². The van der Waals surface area contributed by atoms with E-state index in [9.17, 15) is 0 Å². The molecule has 14 heavy (non-hydrogen) atoms. The molecule has 0 spiro atoms. The molecule has 0 amide bonds. The molecule has 0 aliphatic carbocycles. The van der Waals surface area contributed by atoms with E-state index in [0.29, 0.717) is 6.04 Å². The lowest BCUT2D eigenvalue weighted by Crippen LogP contribution is -2.62. The fraction of sp³-hybridized carbons (Fsp3) is 0.818. The van der Waals surface area contributed by atoms with E-state index < -0.39 is 0 Å². The summed E-state index contributed by atoms with van der Waals surface area (Å²) >= 11 is 0. The van der Waals surface area contributed by atoms with Crippen LogP contribution in [0.1, 0.15) is 20.3 Å². The molecule has 3 nitrogen and oxygen atoms in total. The van der Waals surface area contributed by atoms with Crippen LogP contribution in [0.25, 0.3) is 0 Å².